The van der Waals surface area contributed by atoms with Crippen molar-refractivity contribution in [3.05, 3.63) is 69.8 Å². The summed E-state index contributed by atoms with van der Waals surface area (Å²) < 4.78 is 10.2. The molecule has 7 nitrogen and oxygen atoms in total. The van der Waals surface area contributed by atoms with Crippen LogP contribution in [-0.2, 0) is 4.74 Å². The monoisotopic (exact) mass is 329 g/mol. The molecule has 24 heavy (non-hydrogen) atoms. The van der Waals surface area contributed by atoms with E-state index >= 15 is 0 Å². The van der Waals surface area contributed by atoms with Gasteiger partial charge in [0.25, 0.3) is 5.69 Å². The molecule has 0 aromatic heterocycles. The molecule has 0 heterocycles. The second-order valence-electron chi connectivity index (χ2n) is 4.86. The molecule has 0 aliphatic heterocycles. The second kappa shape index (κ2) is 7.87. The lowest BCUT2D eigenvalue weighted by Gasteiger charge is -2.07. The zero-order chi connectivity index (χ0) is 17.5. The number of benzene rings is 2. The SMILES string of the molecule is CCCOC(=O)c1cccc(OC(=O)c2ccc([N+](=O)[O-])cc2)c1. The van der Waals surface area contributed by atoms with Crippen LogP contribution >= 0.6 is 0 Å². The molecule has 0 atom stereocenters. The molecule has 0 aliphatic carbocycles. The van der Waals surface area contributed by atoms with Gasteiger partial charge in [0.1, 0.15) is 5.75 Å². The lowest BCUT2D eigenvalue weighted by molar-refractivity contribution is -0.384. The molecule has 0 bridgehead atoms. The summed E-state index contributed by atoms with van der Waals surface area (Å²) in [6.45, 7) is 2.20. The highest BCUT2D eigenvalue weighted by Crippen LogP contribution is 2.18. The van der Waals surface area contributed by atoms with Gasteiger partial charge in [-0.05, 0) is 36.8 Å². The Balaban J connectivity index is 2.08. The quantitative estimate of drug-likeness (QED) is 0.349. The zero-order valence-electron chi connectivity index (χ0n) is 12.9. The Morgan fingerprint density at radius 3 is 2.38 bits per heavy atom. The molecule has 0 spiro atoms. The summed E-state index contributed by atoms with van der Waals surface area (Å²) in [6, 6.07) is 11.1. The normalized spacial score (nSPS) is 10.0. The van der Waals surface area contributed by atoms with Crippen LogP contribution < -0.4 is 4.74 Å². The highest BCUT2D eigenvalue weighted by atomic mass is 16.6. The van der Waals surface area contributed by atoms with Gasteiger partial charge in [-0.25, -0.2) is 9.59 Å². The van der Waals surface area contributed by atoms with E-state index in [1.807, 2.05) is 6.92 Å². The fourth-order valence-corrected chi connectivity index (χ4v) is 1.85. The predicted octanol–water partition coefficient (Wildman–Crippen LogP) is 3.38. The predicted molar refractivity (Wildman–Crippen MR) is 85.1 cm³/mol. The van der Waals surface area contributed by atoms with Gasteiger partial charge >= 0.3 is 11.9 Å². The van der Waals surface area contributed by atoms with E-state index in [4.69, 9.17) is 9.47 Å². The summed E-state index contributed by atoms with van der Waals surface area (Å²) in [4.78, 5) is 33.9. The topological polar surface area (TPSA) is 95.7 Å². The van der Waals surface area contributed by atoms with Crippen molar-refractivity contribution < 1.29 is 24.0 Å². The number of carbonyl (C=O) groups excluding carboxylic acids is 2. The fraction of sp³-hybridized carbons (Fsp3) is 0.176. The van der Waals surface area contributed by atoms with E-state index in [1.165, 1.54) is 36.4 Å². The van der Waals surface area contributed by atoms with Crippen molar-refractivity contribution in [3.63, 3.8) is 0 Å². The van der Waals surface area contributed by atoms with E-state index in [1.54, 1.807) is 12.1 Å². The number of nitro groups is 1. The third-order valence-electron chi connectivity index (χ3n) is 3.03. The minimum absolute atomic E-state index is 0.118. The molecule has 0 amide bonds. The number of ether oxygens (including phenoxy) is 2. The number of hydrogen-bond acceptors (Lipinski definition) is 6. The van der Waals surface area contributed by atoms with Crippen molar-refractivity contribution in [2.24, 2.45) is 0 Å². The summed E-state index contributed by atoms with van der Waals surface area (Å²) in [5.74, 6) is -0.988. The van der Waals surface area contributed by atoms with Crippen LogP contribution in [0.25, 0.3) is 0 Å². The summed E-state index contributed by atoms with van der Waals surface area (Å²) in [7, 11) is 0. The maximum Gasteiger partial charge on any atom is 0.343 e. The number of esters is 2. The highest BCUT2D eigenvalue weighted by molar-refractivity contribution is 5.92. The van der Waals surface area contributed by atoms with Crippen LogP contribution in [-0.4, -0.2) is 23.5 Å². The van der Waals surface area contributed by atoms with Gasteiger partial charge < -0.3 is 9.47 Å². The average molecular weight is 329 g/mol. The molecular weight excluding hydrogens is 314 g/mol. The molecule has 0 radical (unpaired) electrons. The Labute approximate surface area is 138 Å². The lowest BCUT2D eigenvalue weighted by Crippen LogP contribution is -2.10. The second-order valence-corrected chi connectivity index (χ2v) is 4.86. The number of non-ortho nitro benzene ring substituents is 1. The van der Waals surface area contributed by atoms with Crippen molar-refractivity contribution in [3.8, 4) is 5.75 Å². The van der Waals surface area contributed by atoms with Gasteiger partial charge in [0.15, 0.2) is 0 Å². The fourth-order valence-electron chi connectivity index (χ4n) is 1.85. The minimum Gasteiger partial charge on any atom is -0.462 e. The van der Waals surface area contributed by atoms with Crippen LogP contribution in [0.4, 0.5) is 5.69 Å². The number of hydrogen-bond donors (Lipinski definition) is 0. The molecule has 0 unspecified atom stereocenters. The first-order valence-corrected chi connectivity index (χ1v) is 7.25. The maximum atomic E-state index is 12.0. The molecule has 2 aromatic carbocycles. The molecule has 0 saturated carbocycles. The van der Waals surface area contributed by atoms with E-state index in [0.29, 0.717) is 13.0 Å². The van der Waals surface area contributed by atoms with Crippen LogP contribution in [0.3, 0.4) is 0 Å². The van der Waals surface area contributed by atoms with E-state index < -0.39 is 16.9 Å². The molecule has 0 saturated heterocycles. The van der Waals surface area contributed by atoms with E-state index in [-0.39, 0.29) is 22.6 Å². The average Bonchev–Trinajstić information content (AvgIpc) is 2.60. The van der Waals surface area contributed by atoms with Gasteiger partial charge in [-0.3, -0.25) is 10.1 Å². The molecular formula is C17H15NO6. The lowest BCUT2D eigenvalue weighted by atomic mass is 10.2. The van der Waals surface area contributed by atoms with Gasteiger partial charge in [-0.2, -0.15) is 0 Å². The van der Waals surface area contributed by atoms with Crippen molar-refractivity contribution in [2.75, 3.05) is 6.61 Å². The number of nitrogens with zero attached hydrogens (tertiary/aromatic N) is 1. The first-order chi connectivity index (χ1) is 11.5. The van der Waals surface area contributed by atoms with Gasteiger partial charge in [0, 0.05) is 12.1 Å². The largest absolute Gasteiger partial charge is 0.462 e. The van der Waals surface area contributed by atoms with Crippen LogP contribution in [0.15, 0.2) is 48.5 Å². The van der Waals surface area contributed by atoms with Crippen LogP contribution in [0, 0.1) is 10.1 Å². The van der Waals surface area contributed by atoms with Gasteiger partial charge in [-0.15, -0.1) is 0 Å². The highest BCUT2D eigenvalue weighted by Gasteiger charge is 2.13. The number of rotatable bonds is 6. The van der Waals surface area contributed by atoms with Crippen molar-refractivity contribution in [1.29, 1.82) is 0 Å². The number of nitro benzene ring substituents is 1. The third-order valence-corrected chi connectivity index (χ3v) is 3.03. The molecule has 0 fully saturated rings. The number of carbonyl (C=O) groups is 2. The molecule has 7 heteroatoms. The Morgan fingerprint density at radius 2 is 1.75 bits per heavy atom. The van der Waals surface area contributed by atoms with Crippen LogP contribution in [0.1, 0.15) is 34.1 Å². The maximum absolute atomic E-state index is 12.0. The minimum atomic E-state index is -0.677. The van der Waals surface area contributed by atoms with Crippen LogP contribution in [0.2, 0.25) is 0 Å². The Hall–Kier alpha value is -3.22. The molecule has 2 aromatic rings. The molecule has 0 N–H and O–H groups in total. The zero-order valence-corrected chi connectivity index (χ0v) is 12.9. The first-order valence-electron chi connectivity index (χ1n) is 7.25. The summed E-state index contributed by atoms with van der Waals surface area (Å²) in [5.41, 5.74) is 0.323. The van der Waals surface area contributed by atoms with Gasteiger partial charge in [-0.1, -0.05) is 13.0 Å². The van der Waals surface area contributed by atoms with Crippen LogP contribution in [0.5, 0.6) is 5.75 Å². The summed E-state index contributed by atoms with van der Waals surface area (Å²) in [5, 5.41) is 10.6. The van der Waals surface area contributed by atoms with E-state index in [9.17, 15) is 19.7 Å². The Kier molecular flexibility index (Phi) is 5.62. The standard InChI is InChI=1S/C17H15NO6/c1-2-10-23-16(19)13-4-3-5-15(11-13)24-17(20)12-6-8-14(9-7-12)18(21)22/h3-9,11H,2,10H2,1H3. The van der Waals surface area contributed by atoms with E-state index in [0.717, 1.165) is 0 Å². The van der Waals surface area contributed by atoms with Gasteiger partial charge in [0.2, 0.25) is 0 Å². The van der Waals surface area contributed by atoms with Crippen molar-refractivity contribution in [2.45, 2.75) is 13.3 Å². The molecule has 124 valence electrons. The molecule has 0 aliphatic rings. The van der Waals surface area contributed by atoms with Crippen molar-refractivity contribution in [1.82, 2.24) is 0 Å². The van der Waals surface area contributed by atoms with E-state index in [2.05, 4.69) is 0 Å². The molecule has 2 rings (SSSR count). The third kappa shape index (κ3) is 4.39. The van der Waals surface area contributed by atoms with Gasteiger partial charge in [0.05, 0.1) is 22.7 Å². The Bertz CT molecular complexity index is 754. The summed E-state index contributed by atoms with van der Waals surface area (Å²) >= 11 is 0. The Morgan fingerprint density at radius 1 is 1.04 bits per heavy atom. The first kappa shape index (κ1) is 17.1. The summed E-state index contributed by atoms with van der Waals surface area (Å²) in [6.07, 6.45) is 0.709. The van der Waals surface area contributed by atoms with Crippen molar-refractivity contribution >= 4 is 17.6 Å². The smallest absolute Gasteiger partial charge is 0.343 e.